The zero-order chi connectivity index (χ0) is 21.9. The molecule has 0 aromatic heterocycles. The molecular formula is C27H28Cl2N2O. The second-order valence-electron chi connectivity index (χ2n) is 8.67. The van der Waals surface area contributed by atoms with Gasteiger partial charge in [0.2, 0.25) is 0 Å². The van der Waals surface area contributed by atoms with Crippen LogP contribution in [0.4, 0.5) is 0 Å². The van der Waals surface area contributed by atoms with Crippen molar-refractivity contribution in [2.24, 2.45) is 0 Å². The first-order valence-corrected chi connectivity index (χ1v) is 12.2. The van der Waals surface area contributed by atoms with Crippen LogP contribution in [0.2, 0.25) is 10.0 Å². The van der Waals surface area contributed by atoms with E-state index in [0.29, 0.717) is 22.7 Å². The van der Waals surface area contributed by atoms with Crippen LogP contribution in [0.3, 0.4) is 0 Å². The molecule has 166 valence electrons. The molecule has 1 heterocycles. The molecule has 0 spiro atoms. The molecule has 5 rings (SSSR count). The van der Waals surface area contributed by atoms with Gasteiger partial charge in [-0.15, -0.1) is 0 Å². The Morgan fingerprint density at radius 2 is 1.66 bits per heavy atom. The van der Waals surface area contributed by atoms with Crippen molar-refractivity contribution in [2.45, 2.75) is 31.9 Å². The molecular weight excluding hydrogens is 439 g/mol. The number of ether oxygens (including phenoxy) is 1. The molecule has 3 nitrogen and oxygen atoms in total. The van der Waals surface area contributed by atoms with Gasteiger partial charge in [-0.2, -0.15) is 0 Å². The van der Waals surface area contributed by atoms with Gasteiger partial charge in [-0.3, -0.25) is 4.90 Å². The lowest BCUT2D eigenvalue weighted by Gasteiger charge is -2.38. The number of nitrogens with zero attached hydrogens (tertiary/aromatic N) is 1. The molecule has 1 N–H and O–H groups in total. The maximum atomic E-state index is 6.20. The third kappa shape index (κ3) is 4.82. The Balaban J connectivity index is 1.27. The van der Waals surface area contributed by atoms with E-state index in [9.17, 15) is 0 Å². The molecule has 0 amide bonds. The predicted molar refractivity (Wildman–Crippen MR) is 133 cm³/mol. The van der Waals surface area contributed by atoms with Gasteiger partial charge in [-0.25, -0.2) is 0 Å². The van der Waals surface area contributed by atoms with Crippen LogP contribution in [0.25, 0.3) is 11.1 Å². The topological polar surface area (TPSA) is 24.5 Å². The summed E-state index contributed by atoms with van der Waals surface area (Å²) in [6.45, 7) is 4.97. The average molecular weight is 467 g/mol. The van der Waals surface area contributed by atoms with Gasteiger partial charge in [0.15, 0.2) is 0 Å². The number of hydrogen-bond donors (Lipinski definition) is 1. The molecule has 0 bridgehead atoms. The highest BCUT2D eigenvalue weighted by Gasteiger charge is 2.27. The number of halogens is 2. The maximum Gasteiger partial charge on any atom is 0.120 e. The molecule has 2 aliphatic rings. The largest absolute Gasteiger partial charge is 0.489 e. The lowest BCUT2D eigenvalue weighted by atomic mass is 9.86. The third-order valence-corrected chi connectivity index (χ3v) is 7.34. The van der Waals surface area contributed by atoms with E-state index in [1.165, 1.54) is 30.4 Å². The minimum absolute atomic E-state index is 0.523. The van der Waals surface area contributed by atoms with Gasteiger partial charge in [0, 0.05) is 32.2 Å². The van der Waals surface area contributed by atoms with Crippen LogP contribution in [-0.4, -0.2) is 31.1 Å². The first kappa shape index (κ1) is 21.8. The number of aryl methyl sites for hydroxylation is 1. The highest BCUT2D eigenvalue weighted by molar-refractivity contribution is 6.42. The van der Waals surface area contributed by atoms with Crippen LogP contribution in [-0.2, 0) is 13.0 Å². The normalized spacial score (nSPS) is 18.9. The van der Waals surface area contributed by atoms with Gasteiger partial charge in [0.05, 0.1) is 10.0 Å². The first-order valence-electron chi connectivity index (χ1n) is 11.4. The standard InChI is InChI=1S/C27H28Cl2N2O/c28-25-11-9-22(16-26(25)29)20-6-4-19(5-7-20)18-32-23-10-8-21-2-1-3-27(24(21)17-23)31-14-12-30-13-15-31/h4-11,16-17,27,30H,1-3,12-15,18H2. The second-order valence-corrected chi connectivity index (χ2v) is 9.48. The van der Waals surface area contributed by atoms with Crippen molar-refractivity contribution in [1.82, 2.24) is 10.2 Å². The molecule has 0 radical (unpaired) electrons. The van der Waals surface area contributed by atoms with E-state index in [1.807, 2.05) is 18.2 Å². The molecule has 1 atom stereocenters. The fourth-order valence-corrected chi connectivity index (χ4v) is 5.15. The Hall–Kier alpha value is -2.04. The van der Waals surface area contributed by atoms with E-state index in [2.05, 4.69) is 52.7 Å². The molecule has 1 saturated heterocycles. The van der Waals surface area contributed by atoms with Crippen LogP contribution in [0.15, 0.2) is 60.7 Å². The number of benzene rings is 3. The molecule has 32 heavy (non-hydrogen) atoms. The summed E-state index contributed by atoms with van der Waals surface area (Å²) in [6.07, 6.45) is 3.69. The number of rotatable bonds is 5. The zero-order valence-corrected chi connectivity index (χ0v) is 19.6. The first-order chi connectivity index (χ1) is 15.7. The Morgan fingerprint density at radius 3 is 2.44 bits per heavy atom. The number of nitrogens with one attached hydrogen (secondary N) is 1. The van der Waals surface area contributed by atoms with Crippen LogP contribution >= 0.6 is 23.2 Å². The Labute approximate surface area is 200 Å². The summed E-state index contributed by atoms with van der Waals surface area (Å²) in [7, 11) is 0. The third-order valence-electron chi connectivity index (χ3n) is 6.60. The molecule has 5 heteroatoms. The lowest BCUT2D eigenvalue weighted by molar-refractivity contribution is 0.157. The van der Waals surface area contributed by atoms with Gasteiger partial charge in [-0.1, -0.05) is 59.6 Å². The van der Waals surface area contributed by atoms with Gasteiger partial charge in [0.1, 0.15) is 12.4 Å². The van der Waals surface area contributed by atoms with Crippen molar-refractivity contribution >= 4 is 23.2 Å². The summed E-state index contributed by atoms with van der Waals surface area (Å²) in [5.41, 5.74) is 6.26. The summed E-state index contributed by atoms with van der Waals surface area (Å²) < 4.78 is 6.20. The quantitative estimate of drug-likeness (QED) is 0.462. The highest BCUT2D eigenvalue weighted by atomic mass is 35.5. The van der Waals surface area contributed by atoms with Crippen LogP contribution in [0.1, 0.15) is 35.6 Å². The molecule has 3 aromatic rings. The zero-order valence-electron chi connectivity index (χ0n) is 18.1. The van der Waals surface area contributed by atoms with Gasteiger partial charge >= 0.3 is 0 Å². The lowest BCUT2D eigenvalue weighted by Crippen LogP contribution is -2.45. The van der Waals surface area contributed by atoms with Crippen LogP contribution < -0.4 is 10.1 Å². The van der Waals surface area contributed by atoms with E-state index in [-0.39, 0.29) is 0 Å². The van der Waals surface area contributed by atoms with Crippen molar-refractivity contribution in [3.05, 3.63) is 87.4 Å². The van der Waals surface area contributed by atoms with E-state index in [4.69, 9.17) is 27.9 Å². The van der Waals surface area contributed by atoms with Gasteiger partial charge < -0.3 is 10.1 Å². The molecule has 3 aromatic carbocycles. The SMILES string of the molecule is Clc1ccc(-c2ccc(COc3ccc4c(c3)C(N3CCNCC3)CCC4)cc2)cc1Cl. The summed E-state index contributed by atoms with van der Waals surface area (Å²) in [5.74, 6) is 0.958. The minimum atomic E-state index is 0.523. The summed E-state index contributed by atoms with van der Waals surface area (Å²) in [5, 5.41) is 4.61. The smallest absolute Gasteiger partial charge is 0.120 e. The molecule has 1 aliphatic carbocycles. The molecule has 0 saturated carbocycles. The van der Waals surface area contributed by atoms with E-state index in [1.54, 1.807) is 0 Å². The second kappa shape index (κ2) is 9.84. The molecule has 1 unspecified atom stereocenters. The van der Waals surface area contributed by atoms with Crippen molar-refractivity contribution in [3.63, 3.8) is 0 Å². The predicted octanol–water partition coefficient (Wildman–Crippen LogP) is 6.52. The van der Waals surface area contributed by atoms with Crippen molar-refractivity contribution in [1.29, 1.82) is 0 Å². The number of piperazine rings is 1. The molecule has 1 fully saturated rings. The molecule has 1 aliphatic heterocycles. The van der Waals surface area contributed by atoms with E-state index < -0.39 is 0 Å². The fourth-order valence-electron chi connectivity index (χ4n) is 4.85. The fraction of sp³-hybridized carbons (Fsp3) is 0.333. The van der Waals surface area contributed by atoms with Crippen LogP contribution in [0.5, 0.6) is 5.75 Å². The van der Waals surface area contributed by atoms with Crippen LogP contribution in [0, 0.1) is 0 Å². The summed E-state index contributed by atoms with van der Waals surface area (Å²) in [6, 6.07) is 21.4. The number of hydrogen-bond acceptors (Lipinski definition) is 3. The Morgan fingerprint density at radius 1 is 0.875 bits per heavy atom. The minimum Gasteiger partial charge on any atom is -0.489 e. The van der Waals surface area contributed by atoms with E-state index >= 15 is 0 Å². The maximum absolute atomic E-state index is 6.20. The highest BCUT2D eigenvalue weighted by Crippen LogP contribution is 2.36. The average Bonchev–Trinajstić information content (AvgIpc) is 2.85. The van der Waals surface area contributed by atoms with Crippen molar-refractivity contribution in [2.75, 3.05) is 26.2 Å². The van der Waals surface area contributed by atoms with Gasteiger partial charge in [0.25, 0.3) is 0 Å². The summed E-state index contributed by atoms with van der Waals surface area (Å²) in [4.78, 5) is 2.64. The Kier molecular flexibility index (Phi) is 6.70. The van der Waals surface area contributed by atoms with Crippen molar-refractivity contribution in [3.8, 4) is 16.9 Å². The Bertz CT molecular complexity index is 1080. The van der Waals surface area contributed by atoms with E-state index in [0.717, 1.165) is 48.6 Å². The summed E-state index contributed by atoms with van der Waals surface area (Å²) >= 11 is 12.2. The number of fused-ring (bicyclic) bond motifs is 1. The monoisotopic (exact) mass is 466 g/mol. The van der Waals surface area contributed by atoms with Crippen molar-refractivity contribution < 1.29 is 4.74 Å². The van der Waals surface area contributed by atoms with Gasteiger partial charge in [-0.05, 0) is 71.3 Å².